The summed E-state index contributed by atoms with van der Waals surface area (Å²) in [6.45, 7) is 16.4. The van der Waals surface area contributed by atoms with Gasteiger partial charge in [-0.05, 0) is 17.3 Å². The Morgan fingerprint density at radius 2 is 1.36 bits per heavy atom. The number of hydrogen-bond acceptors (Lipinski definition) is 2. The van der Waals surface area contributed by atoms with E-state index in [1.807, 2.05) is 0 Å². The molecule has 0 saturated carbocycles. The average molecular weight is 201 g/mol. The predicted octanol–water partition coefficient (Wildman–Crippen LogP) is 3.92. The molecular formula is C12H25O2. The van der Waals surface area contributed by atoms with Crippen molar-refractivity contribution < 1.29 is 10.1 Å². The Hall–Kier alpha value is -0.0800. The SMILES string of the molecule is [CH2]CCC(OO)(C(C)(C)C)C(C)(C)C. The molecule has 0 spiro atoms. The normalized spacial score (nSPS) is 14.6. The first kappa shape index (κ1) is 13.9. The third-order valence-electron chi connectivity index (χ3n) is 3.11. The molecule has 0 saturated heterocycles. The monoisotopic (exact) mass is 201 g/mol. The second-order valence-electron chi connectivity index (χ2n) is 6.02. The molecule has 0 fully saturated rings. The molecule has 0 aliphatic rings. The van der Waals surface area contributed by atoms with E-state index in [0.717, 1.165) is 12.8 Å². The fourth-order valence-electron chi connectivity index (χ4n) is 2.44. The quantitative estimate of drug-likeness (QED) is 0.554. The van der Waals surface area contributed by atoms with Crippen molar-refractivity contribution in [2.24, 2.45) is 10.8 Å². The Balaban J connectivity index is 5.21. The maximum Gasteiger partial charge on any atom is 0.113 e. The lowest BCUT2D eigenvalue weighted by Gasteiger charge is -2.50. The van der Waals surface area contributed by atoms with Crippen LogP contribution in [0.3, 0.4) is 0 Å². The van der Waals surface area contributed by atoms with Gasteiger partial charge < -0.3 is 0 Å². The van der Waals surface area contributed by atoms with Crippen LogP contribution in [0, 0.1) is 17.8 Å². The van der Waals surface area contributed by atoms with Gasteiger partial charge in [0.2, 0.25) is 0 Å². The summed E-state index contributed by atoms with van der Waals surface area (Å²) in [6, 6.07) is 0. The Kier molecular flexibility index (Phi) is 4.17. The van der Waals surface area contributed by atoms with Crippen molar-refractivity contribution in [1.82, 2.24) is 0 Å². The van der Waals surface area contributed by atoms with Crippen molar-refractivity contribution in [3.8, 4) is 0 Å². The molecule has 0 aliphatic heterocycles. The molecule has 85 valence electrons. The van der Waals surface area contributed by atoms with Crippen molar-refractivity contribution in [2.45, 2.75) is 60.0 Å². The van der Waals surface area contributed by atoms with Crippen LogP contribution in [0.4, 0.5) is 0 Å². The molecule has 0 aromatic heterocycles. The summed E-state index contributed by atoms with van der Waals surface area (Å²) < 4.78 is 0. The lowest BCUT2D eigenvalue weighted by Crippen LogP contribution is -2.54. The fraction of sp³-hybridized carbons (Fsp3) is 0.917. The molecule has 1 N–H and O–H groups in total. The molecular weight excluding hydrogens is 176 g/mol. The molecule has 0 heterocycles. The molecule has 2 heteroatoms. The highest BCUT2D eigenvalue weighted by Crippen LogP contribution is 2.49. The van der Waals surface area contributed by atoms with E-state index in [4.69, 9.17) is 4.89 Å². The van der Waals surface area contributed by atoms with Crippen LogP contribution < -0.4 is 0 Å². The van der Waals surface area contributed by atoms with E-state index in [1.54, 1.807) is 0 Å². The zero-order valence-corrected chi connectivity index (χ0v) is 10.5. The third-order valence-corrected chi connectivity index (χ3v) is 3.11. The van der Waals surface area contributed by atoms with E-state index in [9.17, 15) is 5.26 Å². The van der Waals surface area contributed by atoms with Crippen LogP contribution in [0.15, 0.2) is 0 Å². The Bertz CT molecular complexity index is 158. The minimum absolute atomic E-state index is 0.113. The van der Waals surface area contributed by atoms with E-state index >= 15 is 0 Å². The third kappa shape index (κ3) is 2.29. The lowest BCUT2D eigenvalue weighted by atomic mass is 9.61. The van der Waals surface area contributed by atoms with Gasteiger partial charge in [0.05, 0.1) is 0 Å². The van der Waals surface area contributed by atoms with E-state index < -0.39 is 5.60 Å². The standard InChI is InChI=1S/C12H25O2/c1-8-9-12(14-13,10(2,3)4)11(5,6)7/h13H,1,8-9H2,2-7H3. The molecule has 1 radical (unpaired) electrons. The second-order valence-corrected chi connectivity index (χ2v) is 6.02. The Morgan fingerprint density at radius 1 is 1.00 bits per heavy atom. The van der Waals surface area contributed by atoms with Gasteiger partial charge in [0.1, 0.15) is 5.60 Å². The molecule has 0 aromatic rings. The van der Waals surface area contributed by atoms with Crippen LogP contribution in [0.2, 0.25) is 0 Å². The van der Waals surface area contributed by atoms with E-state index in [-0.39, 0.29) is 10.8 Å². The largest absolute Gasteiger partial charge is 0.251 e. The first-order chi connectivity index (χ1) is 6.12. The van der Waals surface area contributed by atoms with Gasteiger partial charge in [0.15, 0.2) is 0 Å². The van der Waals surface area contributed by atoms with Crippen LogP contribution >= 0.6 is 0 Å². The average Bonchev–Trinajstić information content (AvgIpc) is 1.94. The molecule has 0 atom stereocenters. The summed E-state index contributed by atoms with van der Waals surface area (Å²) in [5.41, 5.74) is -0.767. The first-order valence-corrected chi connectivity index (χ1v) is 5.24. The topological polar surface area (TPSA) is 29.5 Å². The van der Waals surface area contributed by atoms with Gasteiger partial charge in [-0.15, -0.1) is 0 Å². The first-order valence-electron chi connectivity index (χ1n) is 5.24. The van der Waals surface area contributed by atoms with E-state index in [1.165, 1.54) is 0 Å². The highest BCUT2D eigenvalue weighted by atomic mass is 17.1. The summed E-state index contributed by atoms with van der Waals surface area (Å²) in [7, 11) is 0. The zero-order chi connectivity index (χ0) is 11.6. The molecule has 0 aromatic carbocycles. The maximum atomic E-state index is 9.25. The van der Waals surface area contributed by atoms with Gasteiger partial charge in [-0.3, -0.25) is 5.26 Å². The van der Waals surface area contributed by atoms with Crippen molar-refractivity contribution in [1.29, 1.82) is 0 Å². The molecule has 0 bridgehead atoms. The van der Waals surface area contributed by atoms with Crippen molar-refractivity contribution in [3.05, 3.63) is 6.92 Å². The maximum absolute atomic E-state index is 9.25. The van der Waals surface area contributed by atoms with Crippen LogP contribution in [-0.4, -0.2) is 10.9 Å². The molecule has 0 unspecified atom stereocenters. The van der Waals surface area contributed by atoms with Crippen molar-refractivity contribution in [3.63, 3.8) is 0 Å². The molecule has 0 rings (SSSR count). The summed E-state index contributed by atoms with van der Waals surface area (Å²) in [5.74, 6) is 0. The fourth-order valence-corrected chi connectivity index (χ4v) is 2.44. The van der Waals surface area contributed by atoms with Crippen LogP contribution in [0.25, 0.3) is 0 Å². The lowest BCUT2D eigenvalue weighted by molar-refractivity contribution is -0.378. The highest BCUT2D eigenvalue weighted by molar-refractivity contribution is 5.00. The predicted molar refractivity (Wildman–Crippen MR) is 59.9 cm³/mol. The van der Waals surface area contributed by atoms with Crippen LogP contribution in [0.5, 0.6) is 0 Å². The highest BCUT2D eigenvalue weighted by Gasteiger charge is 2.51. The molecule has 0 amide bonds. The minimum atomic E-state index is -0.540. The zero-order valence-electron chi connectivity index (χ0n) is 10.5. The number of hydrogen-bond donors (Lipinski definition) is 1. The molecule has 14 heavy (non-hydrogen) atoms. The van der Waals surface area contributed by atoms with Gasteiger partial charge in [0, 0.05) is 0 Å². The van der Waals surface area contributed by atoms with Crippen LogP contribution in [-0.2, 0) is 4.89 Å². The van der Waals surface area contributed by atoms with E-state index in [2.05, 4.69) is 48.5 Å². The Labute approximate surface area is 88.6 Å². The summed E-state index contributed by atoms with van der Waals surface area (Å²) >= 11 is 0. The summed E-state index contributed by atoms with van der Waals surface area (Å²) in [5, 5.41) is 9.25. The van der Waals surface area contributed by atoms with Crippen molar-refractivity contribution >= 4 is 0 Å². The smallest absolute Gasteiger partial charge is 0.113 e. The molecule has 0 aliphatic carbocycles. The second kappa shape index (κ2) is 4.19. The van der Waals surface area contributed by atoms with Crippen LogP contribution in [0.1, 0.15) is 54.4 Å². The summed E-state index contributed by atoms with van der Waals surface area (Å²) in [6.07, 6.45) is 1.52. The summed E-state index contributed by atoms with van der Waals surface area (Å²) in [4.78, 5) is 4.87. The Morgan fingerprint density at radius 3 is 1.43 bits per heavy atom. The van der Waals surface area contributed by atoms with Gasteiger partial charge in [-0.1, -0.05) is 54.9 Å². The van der Waals surface area contributed by atoms with E-state index in [0.29, 0.717) is 0 Å². The number of rotatable bonds is 3. The van der Waals surface area contributed by atoms with Gasteiger partial charge in [0.25, 0.3) is 0 Å². The van der Waals surface area contributed by atoms with Gasteiger partial charge in [-0.25, -0.2) is 4.89 Å². The van der Waals surface area contributed by atoms with Gasteiger partial charge >= 0.3 is 0 Å². The molecule has 2 nitrogen and oxygen atoms in total. The van der Waals surface area contributed by atoms with Crippen molar-refractivity contribution in [2.75, 3.05) is 0 Å². The minimum Gasteiger partial charge on any atom is -0.251 e. The van der Waals surface area contributed by atoms with Gasteiger partial charge in [-0.2, -0.15) is 0 Å².